The number of nitrogens with one attached hydrogen (secondary N) is 2. The average Bonchev–Trinajstić information content (AvgIpc) is 2.82. The zero-order chi connectivity index (χ0) is 13.8. The lowest BCUT2D eigenvalue weighted by Gasteiger charge is -2.05. The first kappa shape index (κ1) is 13.6. The largest absolute Gasteiger partial charge is 0.506 e. The SMILES string of the molecule is CCCc1cc(C(=O)Nc2ccc(Br)cc2O)n[nH]1. The molecule has 1 aromatic heterocycles. The van der Waals surface area contributed by atoms with Gasteiger partial charge >= 0.3 is 0 Å². The van der Waals surface area contributed by atoms with Crippen LogP contribution in [0.2, 0.25) is 0 Å². The van der Waals surface area contributed by atoms with Crippen molar-refractivity contribution in [3.8, 4) is 5.75 Å². The number of anilines is 1. The van der Waals surface area contributed by atoms with Gasteiger partial charge in [0, 0.05) is 10.2 Å². The smallest absolute Gasteiger partial charge is 0.276 e. The number of aryl methyl sites for hydroxylation is 1. The van der Waals surface area contributed by atoms with Gasteiger partial charge in [0.15, 0.2) is 5.69 Å². The number of aromatic nitrogens is 2. The lowest BCUT2D eigenvalue weighted by atomic mass is 10.2. The predicted octanol–water partition coefficient (Wildman–Crippen LogP) is 3.08. The Morgan fingerprint density at radius 3 is 2.95 bits per heavy atom. The fourth-order valence-electron chi connectivity index (χ4n) is 1.67. The Bertz CT molecular complexity index is 595. The minimum absolute atomic E-state index is 0.00652. The number of aromatic hydroxyl groups is 1. The number of phenols is 1. The Hall–Kier alpha value is -1.82. The van der Waals surface area contributed by atoms with E-state index < -0.39 is 0 Å². The van der Waals surface area contributed by atoms with Crippen molar-refractivity contribution < 1.29 is 9.90 Å². The number of halogens is 1. The molecule has 3 N–H and O–H groups in total. The number of hydrogen-bond donors (Lipinski definition) is 3. The number of amides is 1. The quantitative estimate of drug-likeness (QED) is 0.756. The number of aromatic amines is 1. The Kier molecular flexibility index (Phi) is 4.21. The number of rotatable bonds is 4. The number of hydrogen-bond acceptors (Lipinski definition) is 3. The van der Waals surface area contributed by atoms with Crippen LogP contribution in [0.4, 0.5) is 5.69 Å². The van der Waals surface area contributed by atoms with Crippen LogP contribution in [0.3, 0.4) is 0 Å². The van der Waals surface area contributed by atoms with Gasteiger partial charge in [-0.15, -0.1) is 0 Å². The first-order chi connectivity index (χ1) is 9.10. The number of benzene rings is 1. The summed E-state index contributed by atoms with van der Waals surface area (Å²) in [6, 6.07) is 6.59. The molecule has 0 bridgehead atoms. The maximum Gasteiger partial charge on any atom is 0.276 e. The minimum atomic E-state index is -0.351. The van der Waals surface area contributed by atoms with E-state index in [2.05, 4.69) is 38.4 Å². The Morgan fingerprint density at radius 1 is 1.47 bits per heavy atom. The molecule has 0 radical (unpaired) electrons. The molecule has 5 nitrogen and oxygen atoms in total. The van der Waals surface area contributed by atoms with Crippen LogP contribution in [0.1, 0.15) is 29.5 Å². The zero-order valence-electron chi connectivity index (χ0n) is 10.4. The first-order valence-electron chi connectivity index (χ1n) is 5.94. The van der Waals surface area contributed by atoms with Gasteiger partial charge in [0.2, 0.25) is 0 Å². The standard InChI is InChI=1S/C13H14BrN3O2/c1-2-3-9-7-11(17-16-9)13(19)15-10-5-4-8(14)6-12(10)18/h4-7,18H,2-3H2,1H3,(H,15,19)(H,16,17). The Labute approximate surface area is 119 Å². The molecule has 100 valence electrons. The summed E-state index contributed by atoms with van der Waals surface area (Å²) in [6.45, 7) is 2.06. The van der Waals surface area contributed by atoms with E-state index in [0.29, 0.717) is 11.4 Å². The fourth-order valence-corrected chi connectivity index (χ4v) is 2.02. The van der Waals surface area contributed by atoms with Crippen molar-refractivity contribution in [1.82, 2.24) is 10.2 Å². The van der Waals surface area contributed by atoms with Crippen molar-refractivity contribution in [3.05, 3.63) is 40.1 Å². The van der Waals surface area contributed by atoms with Gasteiger partial charge in [-0.05, 0) is 30.7 Å². The van der Waals surface area contributed by atoms with Gasteiger partial charge in [-0.1, -0.05) is 29.3 Å². The molecule has 0 aliphatic heterocycles. The van der Waals surface area contributed by atoms with Gasteiger partial charge in [-0.2, -0.15) is 5.10 Å². The molecule has 0 aliphatic rings. The molecule has 0 fully saturated rings. The second kappa shape index (κ2) is 5.88. The summed E-state index contributed by atoms with van der Waals surface area (Å²) in [6.07, 6.45) is 1.83. The van der Waals surface area contributed by atoms with E-state index in [1.165, 1.54) is 6.07 Å². The molecule has 1 aromatic carbocycles. The monoisotopic (exact) mass is 323 g/mol. The topological polar surface area (TPSA) is 78.0 Å². The summed E-state index contributed by atoms with van der Waals surface area (Å²) in [7, 11) is 0. The van der Waals surface area contributed by atoms with Crippen molar-refractivity contribution in [1.29, 1.82) is 0 Å². The normalized spacial score (nSPS) is 10.4. The van der Waals surface area contributed by atoms with E-state index in [-0.39, 0.29) is 11.7 Å². The van der Waals surface area contributed by atoms with Crippen molar-refractivity contribution in [2.24, 2.45) is 0 Å². The second-order valence-corrected chi connectivity index (χ2v) is 5.06. The second-order valence-electron chi connectivity index (χ2n) is 4.14. The van der Waals surface area contributed by atoms with Crippen LogP contribution in [0.15, 0.2) is 28.7 Å². The molecule has 2 rings (SSSR count). The van der Waals surface area contributed by atoms with Gasteiger partial charge in [-0.25, -0.2) is 0 Å². The molecule has 0 aliphatic carbocycles. The van der Waals surface area contributed by atoms with Crippen molar-refractivity contribution in [3.63, 3.8) is 0 Å². The van der Waals surface area contributed by atoms with E-state index in [1.54, 1.807) is 18.2 Å². The van der Waals surface area contributed by atoms with E-state index >= 15 is 0 Å². The third-order valence-electron chi connectivity index (χ3n) is 2.59. The molecule has 1 heterocycles. The van der Waals surface area contributed by atoms with E-state index in [4.69, 9.17) is 0 Å². The van der Waals surface area contributed by atoms with Gasteiger partial charge in [0.25, 0.3) is 5.91 Å². The van der Waals surface area contributed by atoms with E-state index in [9.17, 15) is 9.90 Å². The number of H-pyrrole nitrogens is 1. The lowest BCUT2D eigenvalue weighted by Crippen LogP contribution is -2.12. The number of nitrogens with zero attached hydrogens (tertiary/aromatic N) is 1. The minimum Gasteiger partial charge on any atom is -0.506 e. The average molecular weight is 324 g/mol. The lowest BCUT2D eigenvalue weighted by molar-refractivity contribution is 0.102. The van der Waals surface area contributed by atoms with Crippen LogP contribution >= 0.6 is 15.9 Å². The number of carbonyl (C=O) groups excluding carboxylic acids is 1. The summed E-state index contributed by atoms with van der Waals surface area (Å²) >= 11 is 3.24. The van der Waals surface area contributed by atoms with Gasteiger partial charge in [-0.3, -0.25) is 9.89 Å². The summed E-state index contributed by atoms with van der Waals surface area (Å²) < 4.78 is 0.744. The molecule has 0 unspecified atom stereocenters. The van der Waals surface area contributed by atoms with Gasteiger partial charge in [0.05, 0.1) is 5.69 Å². The highest BCUT2D eigenvalue weighted by atomic mass is 79.9. The zero-order valence-corrected chi connectivity index (χ0v) is 12.0. The van der Waals surface area contributed by atoms with Crippen LogP contribution in [0.25, 0.3) is 0 Å². The Balaban J connectivity index is 2.11. The third kappa shape index (κ3) is 3.35. The van der Waals surface area contributed by atoms with Crippen molar-refractivity contribution >= 4 is 27.5 Å². The van der Waals surface area contributed by atoms with Crippen LogP contribution in [0.5, 0.6) is 5.75 Å². The molecular formula is C13H14BrN3O2. The molecule has 0 saturated heterocycles. The summed E-state index contributed by atoms with van der Waals surface area (Å²) in [4.78, 5) is 12.0. The van der Waals surface area contributed by atoms with Crippen LogP contribution < -0.4 is 5.32 Å². The fraction of sp³-hybridized carbons (Fsp3) is 0.231. The van der Waals surface area contributed by atoms with Crippen molar-refractivity contribution in [2.75, 3.05) is 5.32 Å². The first-order valence-corrected chi connectivity index (χ1v) is 6.73. The summed E-state index contributed by atoms with van der Waals surface area (Å²) in [5.41, 5.74) is 1.59. The molecule has 2 aromatic rings. The molecule has 0 saturated carbocycles. The molecular weight excluding hydrogens is 310 g/mol. The van der Waals surface area contributed by atoms with E-state index in [0.717, 1.165) is 23.0 Å². The third-order valence-corrected chi connectivity index (χ3v) is 3.08. The maximum atomic E-state index is 12.0. The van der Waals surface area contributed by atoms with Crippen LogP contribution in [0, 0.1) is 0 Å². The van der Waals surface area contributed by atoms with Gasteiger partial charge < -0.3 is 10.4 Å². The summed E-state index contributed by atoms with van der Waals surface area (Å²) in [5, 5.41) is 19.1. The maximum absolute atomic E-state index is 12.0. The predicted molar refractivity (Wildman–Crippen MR) is 76.3 cm³/mol. The van der Waals surface area contributed by atoms with Gasteiger partial charge in [0.1, 0.15) is 5.75 Å². The van der Waals surface area contributed by atoms with Crippen LogP contribution in [-0.2, 0) is 6.42 Å². The summed E-state index contributed by atoms with van der Waals surface area (Å²) in [5.74, 6) is -0.344. The number of carbonyl (C=O) groups is 1. The molecule has 1 amide bonds. The highest BCUT2D eigenvalue weighted by Crippen LogP contribution is 2.27. The Morgan fingerprint density at radius 2 is 2.26 bits per heavy atom. The molecule has 6 heteroatoms. The molecule has 0 spiro atoms. The number of phenolic OH excluding ortho intramolecular Hbond substituents is 1. The van der Waals surface area contributed by atoms with Crippen LogP contribution in [-0.4, -0.2) is 21.2 Å². The van der Waals surface area contributed by atoms with Crippen molar-refractivity contribution in [2.45, 2.75) is 19.8 Å². The highest BCUT2D eigenvalue weighted by Gasteiger charge is 2.12. The van der Waals surface area contributed by atoms with E-state index in [1.807, 2.05) is 0 Å². The molecule has 19 heavy (non-hydrogen) atoms. The molecule has 0 atom stereocenters. The highest BCUT2D eigenvalue weighted by molar-refractivity contribution is 9.10.